The van der Waals surface area contributed by atoms with Gasteiger partial charge in [-0.2, -0.15) is 0 Å². The van der Waals surface area contributed by atoms with E-state index in [1.807, 2.05) is 6.92 Å². The van der Waals surface area contributed by atoms with Crippen LogP contribution >= 0.6 is 15.9 Å². The summed E-state index contributed by atoms with van der Waals surface area (Å²) in [4.78, 5) is 2.55. The molecule has 1 aliphatic carbocycles. The zero-order valence-electron chi connectivity index (χ0n) is 12.0. The third kappa shape index (κ3) is 3.51. The van der Waals surface area contributed by atoms with Crippen LogP contribution in [0.4, 0.5) is 5.69 Å². The van der Waals surface area contributed by atoms with Crippen LogP contribution in [0.15, 0.2) is 22.7 Å². The van der Waals surface area contributed by atoms with Crippen LogP contribution < -0.4 is 10.6 Å². The molecule has 19 heavy (non-hydrogen) atoms. The van der Waals surface area contributed by atoms with Crippen LogP contribution in [-0.2, 0) is 0 Å². The monoisotopic (exact) mass is 324 g/mol. The summed E-state index contributed by atoms with van der Waals surface area (Å²) in [6.07, 6.45) is 6.80. The van der Waals surface area contributed by atoms with Gasteiger partial charge in [0.1, 0.15) is 0 Å². The molecule has 1 aromatic carbocycles. The highest BCUT2D eigenvalue weighted by atomic mass is 79.9. The molecule has 1 fully saturated rings. The lowest BCUT2D eigenvalue weighted by molar-refractivity contribution is 0.418. The van der Waals surface area contributed by atoms with Crippen LogP contribution in [0.2, 0.25) is 0 Å². The Morgan fingerprint density at radius 3 is 2.53 bits per heavy atom. The van der Waals surface area contributed by atoms with E-state index < -0.39 is 0 Å². The molecule has 1 aromatic rings. The van der Waals surface area contributed by atoms with Crippen molar-refractivity contribution >= 4 is 21.6 Å². The van der Waals surface area contributed by atoms with Crippen molar-refractivity contribution in [1.29, 1.82) is 0 Å². The Hall–Kier alpha value is -0.540. The Morgan fingerprint density at radius 2 is 2.00 bits per heavy atom. The minimum absolute atomic E-state index is 0.0927. The molecule has 106 valence electrons. The van der Waals surface area contributed by atoms with Crippen molar-refractivity contribution < 1.29 is 0 Å². The van der Waals surface area contributed by atoms with Crippen molar-refractivity contribution in [2.45, 2.75) is 58.0 Å². The van der Waals surface area contributed by atoms with Gasteiger partial charge in [0.2, 0.25) is 0 Å². The lowest BCUT2D eigenvalue weighted by atomic mass is 9.93. The van der Waals surface area contributed by atoms with Crippen molar-refractivity contribution in [1.82, 2.24) is 0 Å². The van der Waals surface area contributed by atoms with Crippen molar-refractivity contribution in [2.75, 3.05) is 11.4 Å². The second-order valence-corrected chi connectivity index (χ2v) is 6.43. The predicted octanol–water partition coefficient (Wildman–Crippen LogP) is 4.63. The van der Waals surface area contributed by atoms with E-state index in [4.69, 9.17) is 5.73 Å². The normalized spacial score (nSPS) is 18.3. The van der Waals surface area contributed by atoms with Crippen LogP contribution in [0, 0.1) is 0 Å². The van der Waals surface area contributed by atoms with Gasteiger partial charge in [0.15, 0.2) is 0 Å². The topological polar surface area (TPSA) is 29.3 Å². The maximum atomic E-state index is 5.95. The Labute approximate surface area is 125 Å². The van der Waals surface area contributed by atoms with Crippen LogP contribution in [0.1, 0.15) is 57.6 Å². The molecular formula is C16H25BrN2. The maximum Gasteiger partial charge on any atom is 0.0513 e. The first kappa shape index (κ1) is 14.9. The molecule has 1 saturated carbocycles. The molecule has 0 spiro atoms. The van der Waals surface area contributed by atoms with E-state index in [9.17, 15) is 0 Å². The number of nitrogens with two attached hydrogens (primary N) is 1. The van der Waals surface area contributed by atoms with Crippen molar-refractivity contribution in [3.8, 4) is 0 Å². The molecule has 2 N–H and O–H groups in total. The highest BCUT2D eigenvalue weighted by Crippen LogP contribution is 2.33. The molecule has 1 atom stereocenters. The molecule has 0 heterocycles. The number of halogens is 1. The fraction of sp³-hybridized carbons (Fsp3) is 0.625. The maximum absolute atomic E-state index is 5.95. The number of benzene rings is 1. The van der Waals surface area contributed by atoms with Gasteiger partial charge in [0, 0.05) is 23.1 Å². The highest BCUT2D eigenvalue weighted by molar-refractivity contribution is 9.10. The largest absolute Gasteiger partial charge is 0.368 e. The average Bonchev–Trinajstić information content (AvgIpc) is 2.42. The Morgan fingerprint density at radius 1 is 1.32 bits per heavy atom. The summed E-state index contributed by atoms with van der Waals surface area (Å²) in [5, 5.41) is 0. The van der Waals surface area contributed by atoms with Crippen LogP contribution in [-0.4, -0.2) is 12.6 Å². The molecule has 2 rings (SSSR count). The molecule has 0 saturated heterocycles. The third-order valence-electron chi connectivity index (χ3n) is 4.16. The number of hydrogen-bond acceptors (Lipinski definition) is 2. The first-order chi connectivity index (χ1) is 9.13. The number of anilines is 1. The number of rotatable bonds is 4. The fourth-order valence-electron chi connectivity index (χ4n) is 3.06. The van der Waals surface area contributed by atoms with E-state index in [0.717, 1.165) is 6.54 Å². The summed E-state index contributed by atoms with van der Waals surface area (Å²) in [5.74, 6) is 0. The molecule has 0 amide bonds. The van der Waals surface area contributed by atoms with Gasteiger partial charge in [0.05, 0.1) is 5.69 Å². The summed E-state index contributed by atoms with van der Waals surface area (Å²) in [7, 11) is 0. The second kappa shape index (κ2) is 6.76. The Bertz CT molecular complexity index is 411. The predicted molar refractivity (Wildman–Crippen MR) is 86.6 cm³/mol. The lowest BCUT2D eigenvalue weighted by Gasteiger charge is -2.36. The van der Waals surface area contributed by atoms with E-state index in [0.29, 0.717) is 6.04 Å². The smallest absolute Gasteiger partial charge is 0.0513 e. The molecular weight excluding hydrogens is 300 g/mol. The molecule has 3 heteroatoms. The van der Waals surface area contributed by atoms with Crippen molar-refractivity contribution in [3.63, 3.8) is 0 Å². The van der Waals surface area contributed by atoms with Crippen LogP contribution in [0.3, 0.4) is 0 Å². The third-order valence-corrected chi connectivity index (χ3v) is 4.80. The molecule has 0 unspecified atom stereocenters. The number of nitrogens with zero attached hydrogens (tertiary/aromatic N) is 1. The molecule has 2 nitrogen and oxygen atoms in total. The summed E-state index contributed by atoms with van der Waals surface area (Å²) in [6, 6.07) is 7.36. The van der Waals surface area contributed by atoms with E-state index >= 15 is 0 Å². The fourth-order valence-corrected chi connectivity index (χ4v) is 3.68. The molecule has 1 aliphatic rings. The highest BCUT2D eigenvalue weighted by Gasteiger charge is 2.21. The van der Waals surface area contributed by atoms with Crippen LogP contribution in [0.5, 0.6) is 0 Å². The first-order valence-electron chi connectivity index (χ1n) is 7.45. The molecule has 0 bridgehead atoms. The summed E-state index contributed by atoms with van der Waals surface area (Å²) in [6.45, 7) is 5.35. The Kier molecular flexibility index (Phi) is 5.28. The van der Waals surface area contributed by atoms with Gasteiger partial charge in [-0.25, -0.2) is 0 Å². The Balaban J connectivity index is 2.22. The van der Waals surface area contributed by atoms with Crippen molar-refractivity contribution in [3.05, 3.63) is 28.2 Å². The molecule has 0 radical (unpaired) electrons. The van der Waals surface area contributed by atoms with E-state index in [2.05, 4.69) is 46.0 Å². The van der Waals surface area contributed by atoms with Gasteiger partial charge in [0.25, 0.3) is 0 Å². The van der Waals surface area contributed by atoms with Crippen LogP contribution in [0.25, 0.3) is 0 Å². The summed E-state index contributed by atoms with van der Waals surface area (Å²) < 4.78 is 1.18. The van der Waals surface area contributed by atoms with Gasteiger partial charge in [-0.3, -0.25) is 0 Å². The van der Waals surface area contributed by atoms with Gasteiger partial charge < -0.3 is 10.6 Å². The molecule has 0 aromatic heterocycles. The lowest BCUT2D eigenvalue weighted by Crippen LogP contribution is -2.36. The zero-order valence-corrected chi connectivity index (χ0v) is 13.6. The van der Waals surface area contributed by atoms with Gasteiger partial charge in [-0.05, 0) is 60.3 Å². The minimum atomic E-state index is 0.0927. The van der Waals surface area contributed by atoms with E-state index in [1.165, 1.54) is 47.8 Å². The summed E-state index contributed by atoms with van der Waals surface area (Å²) >= 11 is 3.73. The second-order valence-electron chi connectivity index (χ2n) is 5.58. The zero-order chi connectivity index (χ0) is 13.8. The van der Waals surface area contributed by atoms with E-state index in [-0.39, 0.29) is 6.04 Å². The van der Waals surface area contributed by atoms with Gasteiger partial charge in [-0.15, -0.1) is 0 Å². The van der Waals surface area contributed by atoms with Crippen molar-refractivity contribution in [2.24, 2.45) is 5.73 Å². The first-order valence-corrected chi connectivity index (χ1v) is 8.24. The van der Waals surface area contributed by atoms with Gasteiger partial charge in [-0.1, -0.05) is 25.3 Å². The number of hydrogen-bond donors (Lipinski definition) is 1. The SMILES string of the molecule is CCN(c1ccc([C@H](C)N)cc1Br)C1CCCCC1. The van der Waals surface area contributed by atoms with Gasteiger partial charge >= 0.3 is 0 Å². The molecule has 0 aliphatic heterocycles. The standard InChI is InChI=1S/C16H25BrN2/c1-3-19(14-7-5-4-6-8-14)16-10-9-13(12(2)18)11-15(16)17/h9-12,14H,3-8,18H2,1-2H3/t12-/m0/s1. The minimum Gasteiger partial charge on any atom is -0.368 e. The van der Waals surface area contributed by atoms with E-state index in [1.54, 1.807) is 0 Å². The summed E-state index contributed by atoms with van der Waals surface area (Å²) in [5.41, 5.74) is 8.46. The average molecular weight is 325 g/mol. The quantitative estimate of drug-likeness (QED) is 0.875.